The molecule has 94 valence electrons. The number of aromatic nitrogens is 1. The Labute approximate surface area is 104 Å². The molecule has 1 aromatic heterocycles. The molecule has 0 aliphatic rings. The predicted octanol–water partition coefficient (Wildman–Crippen LogP) is 0.159. The van der Waals surface area contributed by atoms with Crippen LogP contribution in [0.15, 0.2) is 31.0 Å². The Morgan fingerprint density at radius 1 is 1.56 bits per heavy atom. The Kier molecular flexibility index (Phi) is 4.74. The van der Waals surface area contributed by atoms with E-state index < -0.39 is 5.91 Å². The van der Waals surface area contributed by atoms with E-state index in [4.69, 9.17) is 0 Å². The van der Waals surface area contributed by atoms with Crippen molar-refractivity contribution in [1.29, 1.82) is 0 Å². The maximum atomic E-state index is 11.7. The smallest absolute Gasteiger partial charge is 0.254 e. The number of aldehydes is 1. The molecule has 0 saturated heterocycles. The third-order valence-electron chi connectivity index (χ3n) is 2.21. The molecule has 0 spiro atoms. The van der Waals surface area contributed by atoms with Gasteiger partial charge in [0, 0.05) is 13.2 Å². The van der Waals surface area contributed by atoms with Crippen LogP contribution >= 0.6 is 0 Å². The molecule has 18 heavy (non-hydrogen) atoms. The van der Waals surface area contributed by atoms with Crippen molar-refractivity contribution in [1.82, 2.24) is 10.3 Å². The van der Waals surface area contributed by atoms with Gasteiger partial charge in [0.2, 0.25) is 0 Å². The largest absolute Gasteiger partial charge is 0.355 e. The standard InChI is InChI=1S/C12H13N3O3/c1-3-10(17)15(7-8-16)11-9(12(18)13-2)5-4-6-14-11/h3-6,8H,1,7H2,2H3,(H,13,18). The zero-order valence-electron chi connectivity index (χ0n) is 9.92. The van der Waals surface area contributed by atoms with E-state index in [9.17, 15) is 14.4 Å². The molecule has 1 aromatic rings. The van der Waals surface area contributed by atoms with E-state index in [1.54, 1.807) is 6.07 Å². The molecule has 0 atom stereocenters. The van der Waals surface area contributed by atoms with Crippen LogP contribution in [0, 0.1) is 0 Å². The van der Waals surface area contributed by atoms with Gasteiger partial charge in [-0.1, -0.05) is 6.58 Å². The van der Waals surface area contributed by atoms with Crippen molar-refractivity contribution in [2.75, 3.05) is 18.5 Å². The molecule has 0 aliphatic carbocycles. The highest BCUT2D eigenvalue weighted by atomic mass is 16.2. The number of hydrogen-bond acceptors (Lipinski definition) is 4. The van der Waals surface area contributed by atoms with Crippen molar-refractivity contribution in [3.8, 4) is 0 Å². The highest BCUT2D eigenvalue weighted by Crippen LogP contribution is 2.17. The number of nitrogens with zero attached hydrogens (tertiary/aromatic N) is 2. The molecule has 1 heterocycles. The van der Waals surface area contributed by atoms with Gasteiger partial charge in [-0.2, -0.15) is 0 Å². The average molecular weight is 247 g/mol. The van der Waals surface area contributed by atoms with Gasteiger partial charge in [0.05, 0.1) is 12.1 Å². The summed E-state index contributed by atoms with van der Waals surface area (Å²) in [6, 6.07) is 3.10. The van der Waals surface area contributed by atoms with E-state index in [1.807, 2.05) is 0 Å². The number of rotatable bonds is 5. The summed E-state index contributed by atoms with van der Waals surface area (Å²) in [6.45, 7) is 3.16. The zero-order chi connectivity index (χ0) is 13.5. The summed E-state index contributed by atoms with van der Waals surface area (Å²) in [7, 11) is 1.47. The van der Waals surface area contributed by atoms with E-state index in [1.165, 1.54) is 19.3 Å². The topological polar surface area (TPSA) is 79.4 Å². The van der Waals surface area contributed by atoms with Crippen molar-refractivity contribution in [3.05, 3.63) is 36.5 Å². The van der Waals surface area contributed by atoms with Gasteiger partial charge in [-0.15, -0.1) is 0 Å². The Balaban J connectivity index is 3.27. The van der Waals surface area contributed by atoms with E-state index in [-0.39, 0.29) is 23.8 Å². The van der Waals surface area contributed by atoms with Crippen LogP contribution in [-0.4, -0.2) is 36.7 Å². The summed E-state index contributed by atoms with van der Waals surface area (Å²) in [6.07, 6.45) is 3.06. The molecule has 0 aromatic carbocycles. The van der Waals surface area contributed by atoms with Crippen LogP contribution in [-0.2, 0) is 9.59 Å². The van der Waals surface area contributed by atoms with Crippen LogP contribution in [0.2, 0.25) is 0 Å². The minimum Gasteiger partial charge on any atom is -0.355 e. The van der Waals surface area contributed by atoms with Gasteiger partial charge >= 0.3 is 0 Å². The fraction of sp³-hybridized carbons (Fsp3) is 0.167. The van der Waals surface area contributed by atoms with Gasteiger partial charge in [-0.3, -0.25) is 14.5 Å². The molecule has 0 bridgehead atoms. The van der Waals surface area contributed by atoms with Gasteiger partial charge in [-0.05, 0) is 18.2 Å². The second kappa shape index (κ2) is 6.29. The van der Waals surface area contributed by atoms with Crippen molar-refractivity contribution < 1.29 is 14.4 Å². The highest BCUT2D eigenvalue weighted by molar-refractivity contribution is 6.07. The van der Waals surface area contributed by atoms with Crippen molar-refractivity contribution in [2.45, 2.75) is 0 Å². The molecular formula is C12H13N3O3. The maximum Gasteiger partial charge on any atom is 0.254 e. The summed E-state index contributed by atoms with van der Waals surface area (Å²) in [4.78, 5) is 39.0. The van der Waals surface area contributed by atoms with Crippen LogP contribution in [0.3, 0.4) is 0 Å². The van der Waals surface area contributed by atoms with Crippen molar-refractivity contribution in [2.24, 2.45) is 0 Å². The fourth-order valence-corrected chi connectivity index (χ4v) is 1.39. The molecule has 2 amide bonds. The third kappa shape index (κ3) is 2.79. The number of pyridine rings is 1. The number of nitrogens with one attached hydrogen (secondary N) is 1. The molecule has 0 unspecified atom stereocenters. The Morgan fingerprint density at radius 3 is 2.83 bits per heavy atom. The lowest BCUT2D eigenvalue weighted by Crippen LogP contribution is -2.34. The lowest BCUT2D eigenvalue weighted by molar-refractivity contribution is -0.116. The minimum atomic E-state index is -0.494. The van der Waals surface area contributed by atoms with Gasteiger partial charge < -0.3 is 10.1 Å². The highest BCUT2D eigenvalue weighted by Gasteiger charge is 2.20. The monoisotopic (exact) mass is 247 g/mol. The second-order valence-corrected chi connectivity index (χ2v) is 3.27. The van der Waals surface area contributed by atoms with Gasteiger partial charge in [0.1, 0.15) is 12.1 Å². The maximum absolute atomic E-state index is 11.7. The first-order chi connectivity index (χ1) is 8.65. The number of carbonyl (C=O) groups is 3. The van der Waals surface area contributed by atoms with Gasteiger partial charge in [0.15, 0.2) is 0 Å². The summed E-state index contributed by atoms with van der Waals surface area (Å²) in [5.74, 6) is -0.745. The molecule has 0 saturated carbocycles. The molecular weight excluding hydrogens is 234 g/mol. The lowest BCUT2D eigenvalue weighted by Gasteiger charge is -2.19. The molecule has 1 rings (SSSR count). The summed E-state index contributed by atoms with van der Waals surface area (Å²) < 4.78 is 0. The SMILES string of the molecule is C=CC(=O)N(CC=O)c1ncccc1C(=O)NC. The quantitative estimate of drug-likeness (QED) is 0.593. The first-order valence-electron chi connectivity index (χ1n) is 5.20. The zero-order valence-corrected chi connectivity index (χ0v) is 9.92. The Bertz CT molecular complexity index is 485. The van der Waals surface area contributed by atoms with Crippen LogP contribution in [0.1, 0.15) is 10.4 Å². The first kappa shape index (κ1) is 13.6. The molecule has 1 N–H and O–H groups in total. The number of anilines is 1. The average Bonchev–Trinajstić information content (AvgIpc) is 2.43. The molecule has 0 aliphatic heterocycles. The van der Waals surface area contributed by atoms with Crippen LogP contribution in [0.25, 0.3) is 0 Å². The molecule has 0 fully saturated rings. The Hall–Kier alpha value is -2.50. The van der Waals surface area contributed by atoms with Crippen LogP contribution in [0.5, 0.6) is 0 Å². The Morgan fingerprint density at radius 2 is 2.28 bits per heavy atom. The van der Waals surface area contributed by atoms with E-state index in [0.29, 0.717) is 6.29 Å². The van der Waals surface area contributed by atoms with Crippen LogP contribution in [0.4, 0.5) is 5.82 Å². The van der Waals surface area contributed by atoms with Crippen LogP contribution < -0.4 is 10.2 Å². The number of amides is 2. The first-order valence-corrected chi connectivity index (χ1v) is 5.20. The lowest BCUT2D eigenvalue weighted by atomic mass is 10.2. The fourth-order valence-electron chi connectivity index (χ4n) is 1.39. The summed E-state index contributed by atoms with van der Waals surface area (Å²) in [5.41, 5.74) is 0.219. The normalized spacial score (nSPS) is 9.39. The van der Waals surface area contributed by atoms with Crippen molar-refractivity contribution in [3.63, 3.8) is 0 Å². The molecule has 6 nitrogen and oxygen atoms in total. The van der Waals surface area contributed by atoms with E-state index in [0.717, 1.165) is 11.0 Å². The molecule has 6 heteroatoms. The minimum absolute atomic E-state index is 0.133. The van der Waals surface area contributed by atoms with E-state index in [2.05, 4.69) is 16.9 Å². The van der Waals surface area contributed by atoms with Crippen molar-refractivity contribution >= 4 is 23.9 Å². The number of carbonyl (C=O) groups excluding carboxylic acids is 3. The third-order valence-corrected chi connectivity index (χ3v) is 2.21. The molecule has 0 radical (unpaired) electrons. The van der Waals surface area contributed by atoms with Gasteiger partial charge in [0.25, 0.3) is 11.8 Å². The second-order valence-electron chi connectivity index (χ2n) is 3.27. The van der Waals surface area contributed by atoms with E-state index >= 15 is 0 Å². The summed E-state index contributed by atoms with van der Waals surface area (Å²) in [5, 5.41) is 2.44. The number of hydrogen-bond donors (Lipinski definition) is 1. The van der Waals surface area contributed by atoms with Gasteiger partial charge in [-0.25, -0.2) is 4.98 Å². The predicted molar refractivity (Wildman–Crippen MR) is 66.2 cm³/mol. The summed E-state index contributed by atoms with van der Waals surface area (Å²) >= 11 is 0.